The molecule has 0 atom stereocenters. The van der Waals surface area contributed by atoms with E-state index in [0.29, 0.717) is 6.42 Å². The first-order chi connectivity index (χ1) is 11.4. The Morgan fingerprint density at radius 1 is 1.38 bits per heavy atom. The Balaban J connectivity index is 1.99. The number of carboxylic acid groups (broad SMARTS) is 1. The quantitative estimate of drug-likeness (QED) is 0.860. The molecule has 2 aromatic rings. The fraction of sp³-hybridized carbons (Fsp3) is 0.471. The number of aromatic nitrogens is 3. The number of carbonyl (C=O) groups is 1. The van der Waals surface area contributed by atoms with E-state index in [1.165, 1.54) is 4.90 Å². The summed E-state index contributed by atoms with van der Waals surface area (Å²) in [7, 11) is 3.63. The molecule has 0 aliphatic heterocycles. The molecule has 0 saturated heterocycles. The molecule has 3 rings (SSSR count). The lowest BCUT2D eigenvalue weighted by Crippen LogP contribution is -2.49. The second kappa shape index (κ2) is 6.55. The molecular weight excluding hydrogens is 372 g/mol. The largest absolute Gasteiger partial charge is 0.465 e. The Morgan fingerprint density at radius 3 is 2.67 bits per heavy atom. The van der Waals surface area contributed by atoms with Crippen molar-refractivity contribution in [3.8, 4) is 11.4 Å². The van der Waals surface area contributed by atoms with Crippen molar-refractivity contribution in [1.82, 2.24) is 19.4 Å². The van der Waals surface area contributed by atoms with Crippen LogP contribution in [-0.4, -0.2) is 43.2 Å². The highest BCUT2D eigenvalue weighted by atomic mass is 79.9. The van der Waals surface area contributed by atoms with Crippen LogP contribution in [0, 0.1) is 0 Å². The molecule has 0 bridgehead atoms. The van der Waals surface area contributed by atoms with Crippen LogP contribution < -0.4 is 0 Å². The summed E-state index contributed by atoms with van der Waals surface area (Å²) in [6.45, 7) is 0. The van der Waals surface area contributed by atoms with Crippen molar-refractivity contribution in [1.29, 1.82) is 0 Å². The molecule has 0 radical (unpaired) electrons. The van der Waals surface area contributed by atoms with Crippen LogP contribution in [0.25, 0.3) is 11.4 Å². The van der Waals surface area contributed by atoms with Crippen molar-refractivity contribution in [2.45, 2.75) is 37.6 Å². The molecule has 2 aromatic heterocycles. The lowest BCUT2D eigenvalue weighted by atomic mass is 9.89. The summed E-state index contributed by atoms with van der Waals surface area (Å²) in [4.78, 5) is 22.0. The van der Waals surface area contributed by atoms with Gasteiger partial charge in [-0.1, -0.05) is 12.8 Å². The SMILES string of the molecule is CN(C(=O)O)C1(Cc2c(-c3ccc(Br)cn3)ncn2C)CCCC1. The third-order valence-corrected chi connectivity index (χ3v) is 5.53. The summed E-state index contributed by atoms with van der Waals surface area (Å²) >= 11 is 3.40. The van der Waals surface area contributed by atoms with E-state index in [2.05, 4.69) is 25.9 Å². The van der Waals surface area contributed by atoms with E-state index in [1.807, 2.05) is 23.7 Å². The number of amides is 1. The van der Waals surface area contributed by atoms with E-state index in [-0.39, 0.29) is 5.54 Å². The van der Waals surface area contributed by atoms with Gasteiger partial charge in [0, 0.05) is 36.9 Å². The van der Waals surface area contributed by atoms with E-state index in [4.69, 9.17) is 0 Å². The number of aryl methyl sites for hydroxylation is 1. The second-order valence-electron chi connectivity index (χ2n) is 6.46. The predicted molar refractivity (Wildman–Crippen MR) is 94.8 cm³/mol. The van der Waals surface area contributed by atoms with E-state index < -0.39 is 6.09 Å². The van der Waals surface area contributed by atoms with Crippen LogP contribution in [0.15, 0.2) is 29.1 Å². The van der Waals surface area contributed by atoms with E-state index in [0.717, 1.165) is 47.2 Å². The maximum Gasteiger partial charge on any atom is 0.407 e. The van der Waals surface area contributed by atoms with Gasteiger partial charge in [-0.25, -0.2) is 9.78 Å². The van der Waals surface area contributed by atoms with Gasteiger partial charge in [-0.05, 0) is 40.9 Å². The van der Waals surface area contributed by atoms with Crippen LogP contribution in [0.5, 0.6) is 0 Å². The van der Waals surface area contributed by atoms with Gasteiger partial charge >= 0.3 is 6.09 Å². The highest BCUT2D eigenvalue weighted by Gasteiger charge is 2.41. The Bertz CT molecular complexity index is 736. The van der Waals surface area contributed by atoms with Gasteiger partial charge in [-0.3, -0.25) is 4.98 Å². The number of hydrogen-bond donors (Lipinski definition) is 1. The summed E-state index contributed by atoms with van der Waals surface area (Å²) in [5, 5.41) is 9.51. The minimum absolute atomic E-state index is 0.357. The first kappa shape index (κ1) is 17.0. The van der Waals surface area contributed by atoms with Crippen molar-refractivity contribution in [2.75, 3.05) is 7.05 Å². The van der Waals surface area contributed by atoms with Gasteiger partial charge in [0.15, 0.2) is 0 Å². The summed E-state index contributed by atoms with van der Waals surface area (Å²) in [5.74, 6) is 0. The molecule has 1 amide bonds. The van der Waals surface area contributed by atoms with Crippen LogP contribution in [0.4, 0.5) is 4.79 Å². The molecule has 0 spiro atoms. The molecule has 1 aliphatic carbocycles. The smallest absolute Gasteiger partial charge is 0.407 e. The zero-order chi connectivity index (χ0) is 17.3. The van der Waals surface area contributed by atoms with Crippen LogP contribution in [0.2, 0.25) is 0 Å². The zero-order valence-corrected chi connectivity index (χ0v) is 15.5. The highest BCUT2D eigenvalue weighted by Crippen LogP contribution is 2.39. The summed E-state index contributed by atoms with van der Waals surface area (Å²) in [6, 6.07) is 3.87. The Labute approximate surface area is 149 Å². The van der Waals surface area contributed by atoms with Gasteiger partial charge in [0.1, 0.15) is 5.69 Å². The third-order valence-electron chi connectivity index (χ3n) is 5.06. The molecule has 1 N–H and O–H groups in total. The van der Waals surface area contributed by atoms with Crippen LogP contribution >= 0.6 is 15.9 Å². The lowest BCUT2D eigenvalue weighted by Gasteiger charge is -2.37. The third kappa shape index (κ3) is 3.05. The molecular formula is C17H21BrN4O2. The molecule has 1 saturated carbocycles. The van der Waals surface area contributed by atoms with E-state index in [1.54, 1.807) is 19.6 Å². The summed E-state index contributed by atoms with van der Waals surface area (Å²) < 4.78 is 2.90. The topological polar surface area (TPSA) is 71.2 Å². The first-order valence-corrected chi connectivity index (χ1v) is 8.81. The maximum atomic E-state index is 11.6. The summed E-state index contributed by atoms with van der Waals surface area (Å²) in [6.07, 6.45) is 7.19. The Morgan fingerprint density at radius 2 is 2.08 bits per heavy atom. The average Bonchev–Trinajstić information content (AvgIpc) is 3.17. The average molecular weight is 393 g/mol. The number of rotatable bonds is 4. The molecule has 0 aromatic carbocycles. The minimum Gasteiger partial charge on any atom is -0.465 e. The normalized spacial score (nSPS) is 16.3. The van der Waals surface area contributed by atoms with Crippen molar-refractivity contribution in [3.05, 3.63) is 34.8 Å². The Hall–Kier alpha value is -1.89. The number of imidazole rings is 1. The number of nitrogens with zero attached hydrogens (tertiary/aromatic N) is 4. The van der Waals surface area contributed by atoms with Gasteiger partial charge < -0.3 is 14.6 Å². The maximum absolute atomic E-state index is 11.6. The number of likely N-dealkylation sites (N-methyl/N-ethyl adjacent to an activating group) is 1. The molecule has 2 heterocycles. The first-order valence-electron chi connectivity index (χ1n) is 8.02. The molecule has 6 nitrogen and oxygen atoms in total. The molecule has 24 heavy (non-hydrogen) atoms. The fourth-order valence-electron chi connectivity index (χ4n) is 3.57. The summed E-state index contributed by atoms with van der Waals surface area (Å²) in [5.41, 5.74) is 2.30. The Kier molecular flexibility index (Phi) is 4.62. The lowest BCUT2D eigenvalue weighted by molar-refractivity contribution is 0.0944. The van der Waals surface area contributed by atoms with Gasteiger partial charge in [0.2, 0.25) is 0 Å². The predicted octanol–water partition coefficient (Wildman–Crippen LogP) is 3.71. The highest BCUT2D eigenvalue weighted by molar-refractivity contribution is 9.10. The molecule has 1 fully saturated rings. The van der Waals surface area contributed by atoms with Crippen molar-refractivity contribution in [3.63, 3.8) is 0 Å². The minimum atomic E-state index is -0.873. The van der Waals surface area contributed by atoms with Crippen LogP contribution in [-0.2, 0) is 13.5 Å². The second-order valence-corrected chi connectivity index (χ2v) is 7.38. The van der Waals surface area contributed by atoms with E-state index in [9.17, 15) is 9.90 Å². The monoisotopic (exact) mass is 392 g/mol. The van der Waals surface area contributed by atoms with E-state index >= 15 is 0 Å². The number of pyridine rings is 1. The van der Waals surface area contributed by atoms with Crippen LogP contribution in [0.3, 0.4) is 0 Å². The van der Waals surface area contributed by atoms with Crippen molar-refractivity contribution < 1.29 is 9.90 Å². The van der Waals surface area contributed by atoms with Gasteiger partial charge in [0.05, 0.1) is 17.6 Å². The zero-order valence-electron chi connectivity index (χ0n) is 13.9. The van der Waals surface area contributed by atoms with Gasteiger partial charge in [-0.15, -0.1) is 0 Å². The van der Waals surface area contributed by atoms with Crippen molar-refractivity contribution >= 4 is 22.0 Å². The number of hydrogen-bond acceptors (Lipinski definition) is 3. The molecule has 1 aliphatic rings. The van der Waals surface area contributed by atoms with Crippen LogP contribution in [0.1, 0.15) is 31.4 Å². The van der Waals surface area contributed by atoms with Crippen molar-refractivity contribution in [2.24, 2.45) is 7.05 Å². The molecule has 0 unspecified atom stereocenters. The molecule has 128 valence electrons. The van der Waals surface area contributed by atoms with Gasteiger partial charge in [0.25, 0.3) is 0 Å². The van der Waals surface area contributed by atoms with Gasteiger partial charge in [-0.2, -0.15) is 0 Å². The molecule has 7 heteroatoms. The standard InChI is InChI=1S/C17H21BrN4O2/c1-21-11-20-15(13-6-5-12(18)10-19-13)14(21)9-17(7-3-4-8-17)22(2)16(23)24/h5-6,10-11H,3-4,7-9H2,1-2H3,(H,23,24). The fourth-order valence-corrected chi connectivity index (χ4v) is 3.81. The number of halogens is 1.